The van der Waals surface area contributed by atoms with Crippen LogP contribution in [0.3, 0.4) is 0 Å². The van der Waals surface area contributed by atoms with Crippen LogP contribution in [0.5, 0.6) is 0 Å². The molecular weight excluding hydrogens is 196 g/mol. The van der Waals surface area contributed by atoms with Crippen molar-refractivity contribution < 1.29 is 5.17 Å². The Morgan fingerprint density at radius 2 is 2.50 bits per heavy atom. The van der Waals surface area contributed by atoms with Crippen molar-refractivity contribution in [3.63, 3.8) is 0 Å². The van der Waals surface area contributed by atoms with Crippen molar-refractivity contribution in [3.05, 3.63) is 21.7 Å². The Labute approximate surface area is 79.5 Å². The van der Waals surface area contributed by atoms with Gasteiger partial charge in [0.05, 0.1) is 4.34 Å². The molecule has 0 radical (unpaired) electrons. The van der Waals surface area contributed by atoms with E-state index in [1.807, 2.05) is 0 Å². The highest BCUT2D eigenvalue weighted by Crippen LogP contribution is 2.22. The number of thiophene rings is 1. The molecule has 0 aliphatic carbocycles. The second-order valence-corrected chi connectivity index (χ2v) is 3.71. The molecule has 3 nitrogen and oxygen atoms in total. The van der Waals surface area contributed by atoms with Crippen LogP contribution in [0, 0.1) is 17.6 Å². The van der Waals surface area contributed by atoms with Crippen LogP contribution >= 0.6 is 22.9 Å². The highest BCUT2D eigenvalue weighted by Gasteiger charge is 2.04. The Bertz CT molecular complexity index is 294. The first-order valence-electron chi connectivity index (χ1n) is 3.21. The van der Waals surface area contributed by atoms with Crippen molar-refractivity contribution in [3.8, 4) is 12.3 Å². The lowest BCUT2D eigenvalue weighted by molar-refractivity contribution is -0.824. The molecule has 1 aromatic rings. The van der Waals surface area contributed by atoms with Crippen molar-refractivity contribution in [2.75, 3.05) is 6.54 Å². The maximum absolute atomic E-state index is 11.2. The minimum atomic E-state index is -0.176. The van der Waals surface area contributed by atoms with Crippen molar-refractivity contribution >= 4 is 27.9 Å². The highest BCUT2D eigenvalue weighted by molar-refractivity contribution is 7.19. The van der Waals surface area contributed by atoms with Crippen molar-refractivity contribution in [2.24, 2.45) is 0 Å². The van der Waals surface area contributed by atoms with E-state index >= 15 is 0 Å². The molecule has 0 aromatic carbocycles. The molecule has 0 spiro atoms. The van der Waals surface area contributed by atoms with Crippen molar-refractivity contribution in [2.45, 2.75) is 0 Å². The number of nitrogens with one attached hydrogen (secondary N) is 2. The summed E-state index contributed by atoms with van der Waals surface area (Å²) >= 11 is 6.87. The molecule has 1 rings (SSSR count). The second kappa shape index (κ2) is 4.45. The molecule has 0 bridgehead atoms. The normalized spacial score (nSPS) is 12.4. The van der Waals surface area contributed by atoms with Gasteiger partial charge < -0.3 is 5.21 Å². The van der Waals surface area contributed by atoms with Gasteiger partial charge in [-0.15, -0.1) is 6.42 Å². The van der Waals surface area contributed by atoms with Crippen molar-refractivity contribution in [1.29, 1.82) is 0 Å². The molecule has 0 amide bonds. The van der Waals surface area contributed by atoms with Gasteiger partial charge in [0.1, 0.15) is 6.54 Å². The highest BCUT2D eigenvalue weighted by atomic mass is 35.5. The summed E-state index contributed by atoms with van der Waals surface area (Å²) in [5.74, 6) is 2.31. The molecule has 1 heterocycles. The smallest absolute Gasteiger partial charge is 0.207 e. The first-order chi connectivity index (χ1) is 5.74. The molecule has 2 N–H and O–H groups in total. The van der Waals surface area contributed by atoms with E-state index in [2.05, 4.69) is 11.3 Å². The maximum Gasteiger partial charge on any atom is 0.207 e. The summed E-state index contributed by atoms with van der Waals surface area (Å²) in [5, 5.41) is 11.6. The minimum absolute atomic E-state index is 0.176. The third kappa shape index (κ3) is 2.48. The van der Waals surface area contributed by atoms with Crippen LogP contribution in [0.4, 0.5) is 5.00 Å². The quantitative estimate of drug-likeness (QED) is 0.555. The van der Waals surface area contributed by atoms with E-state index in [0.29, 0.717) is 9.34 Å². The number of quaternary nitrogens is 1. The van der Waals surface area contributed by atoms with Gasteiger partial charge in [-0.25, -0.2) is 0 Å². The first kappa shape index (κ1) is 9.52. The van der Waals surface area contributed by atoms with Crippen LogP contribution < -0.4 is 10.6 Å². The van der Waals surface area contributed by atoms with Gasteiger partial charge in [-0.3, -0.25) is 5.17 Å². The predicted molar refractivity (Wildman–Crippen MR) is 50.2 cm³/mol. The maximum atomic E-state index is 11.2. The molecule has 64 valence electrons. The summed E-state index contributed by atoms with van der Waals surface area (Å²) in [6.07, 6.45) is 4.97. The summed E-state index contributed by atoms with van der Waals surface area (Å²) in [7, 11) is 0. The lowest BCUT2D eigenvalue weighted by atomic mass is 10.6. The minimum Gasteiger partial charge on any atom is -0.607 e. The zero-order chi connectivity index (χ0) is 8.97. The topological polar surface area (TPSA) is 39.5 Å². The van der Waals surface area contributed by atoms with Crippen LogP contribution in [0.25, 0.3) is 0 Å². The molecule has 0 saturated heterocycles. The zero-order valence-corrected chi connectivity index (χ0v) is 7.71. The van der Waals surface area contributed by atoms with Crippen LogP contribution in [-0.2, 0) is 0 Å². The van der Waals surface area contributed by atoms with Gasteiger partial charge in [-0.05, 0) is 6.07 Å². The third-order valence-corrected chi connectivity index (χ3v) is 2.38. The number of hydrogen-bond donors (Lipinski definition) is 2. The second-order valence-electron chi connectivity index (χ2n) is 1.99. The molecule has 0 saturated carbocycles. The molecule has 0 aliphatic rings. The standard InChI is InChI=1S/C7H7ClN2OS/c1-2-5-9-10(11)7-4-3-6(8)12-7/h1,3-4,9-10H,5H2. The fourth-order valence-corrected chi connectivity index (χ4v) is 1.61. The summed E-state index contributed by atoms with van der Waals surface area (Å²) in [4.78, 5) is 0. The monoisotopic (exact) mass is 202 g/mol. The Hall–Kier alpha value is -0.570. The molecule has 0 fully saturated rings. The fraction of sp³-hybridized carbons (Fsp3) is 0.143. The molecule has 12 heavy (non-hydrogen) atoms. The van der Waals surface area contributed by atoms with E-state index in [1.165, 1.54) is 11.3 Å². The van der Waals surface area contributed by atoms with E-state index in [4.69, 9.17) is 18.0 Å². The first-order valence-corrected chi connectivity index (χ1v) is 4.40. The van der Waals surface area contributed by atoms with E-state index in [0.717, 1.165) is 0 Å². The molecule has 0 aliphatic heterocycles. The van der Waals surface area contributed by atoms with Gasteiger partial charge in [0.2, 0.25) is 5.00 Å². The largest absolute Gasteiger partial charge is 0.607 e. The Morgan fingerprint density at radius 3 is 3.00 bits per heavy atom. The van der Waals surface area contributed by atoms with E-state index in [-0.39, 0.29) is 11.7 Å². The van der Waals surface area contributed by atoms with E-state index < -0.39 is 0 Å². The molecular formula is C7H7ClN2OS. The van der Waals surface area contributed by atoms with Crippen LogP contribution in [0.2, 0.25) is 4.34 Å². The van der Waals surface area contributed by atoms with Gasteiger partial charge in [0.15, 0.2) is 0 Å². The Kier molecular flexibility index (Phi) is 3.53. The van der Waals surface area contributed by atoms with Gasteiger partial charge >= 0.3 is 0 Å². The van der Waals surface area contributed by atoms with Gasteiger partial charge in [0, 0.05) is 6.07 Å². The number of halogens is 1. The lowest BCUT2D eigenvalue weighted by Crippen LogP contribution is -3.09. The van der Waals surface area contributed by atoms with E-state index in [1.54, 1.807) is 12.1 Å². The SMILES string of the molecule is C#CCN[NH+]([O-])c1ccc(Cl)s1. The fourth-order valence-electron chi connectivity index (χ4n) is 0.655. The lowest BCUT2D eigenvalue weighted by Gasteiger charge is -2.17. The zero-order valence-electron chi connectivity index (χ0n) is 6.13. The number of hydrogen-bond acceptors (Lipinski definition) is 3. The van der Waals surface area contributed by atoms with Crippen LogP contribution in [-0.4, -0.2) is 6.54 Å². The molecule has 1 atom stereocenters. The third-order valence-electron chi connectivity index (χ3n) is 1.15. The number of terminal acetylenes is 1. The summed E-state index contributed by atoms with van der Waals surface area (Å²) < 4.78 is 0.598. The summed E-state index contributed by atoms with van der Waals surface area (Å²) in [6.45, 7) is 0.244. The predicted octanol–water partition coefficient (Wildman–Crippen LogP) is 0.554. The van der Waals surface area contributed by atoms with E-state index in [9.17, 15) is 5.21 Å². The molecule has 5 heteroatoms. The Balaban J connectivity index is 2.54. The summed E-state index contributed by atoms with van der Waals surface area (Å²) in [5.41, 5.74) is 2.54. The molecule has 1 unspecified atom stereocenters. The van der Waals surface area contributed by atoms with Gasteiger partial charge in [0.25, 0.3) is 0 Å². The average molecular weight is 203 g/mol. The van der Waals surface area contributed by atoms with Crippen LogP contribution in [0.15, 0.2) is 12.1 Å². The Morgan fingerprint density at radius 1 is 1.75 bits per heavy atom. The van der Waals surface area contributed by atoms with Gasteiger partial charge in [-0.1, -0.05) is 28.9 Å². The van der Waals surface area contributed by atoms with Crippen molar-refractivity contribution in [1.82, 2.24) is 5.43 Å². The van der Waals surface area contributed by atoms with Gasteiger partial charge in [-0.2, -0.15) is 5.43 Å². The molecule has 1 aromatic heterocycles. The van der Waals surface area contributed by atoms with Crippen LogP contribution in [0.1, 0.15) is 0 Å². The number of rotatable bonds is 3. The summed E-state index contributed by atoms with van der Waals surface area (Å²) in [6, 6.07) is 3.34. The average Bonchev–Trinajstić information content (AvgIpc) is 2.47.